The molecule has 1 heterocycles. The van der Waals surface area contributed by atoms with Crippen LogP contribution in [0.15, 0.2) is 24.3 Å². The van der Waals surface area contributed by atoms with Crippen LogP contribution in [0.5, 0.6) is 0 Å². The second-order valence-electron chi connectivity index (χ2n) is 4.43. The molecule has 1 aromatic rings. The molecule has 0 aliphatic carbocycles. The van der Waals surface area contributed by atoms with Gasteiger partial charge in [-0.3, -0.25) is 0 Å². The molecule has 17 heavy (non-hydrogen) atoms. The largest absolute Gasteiger partial charge is 0.479 e. The first-order valence-corrected chi connectivity index (χ1v) is 6.12. The number of rotatable bonds is 3. The van der Waals surface area contributed by atoms with Gasteiger partial charge in [0.25, 0.3) is 0 Å². The van der Waals surface area contributed by atoms with Gasteiger partial charge in [-0.05, 0) is 42.9 Å². The zero-order chi connectivity index (χ0) is 12.3. The molecule has 0 saturated carbocycles. The minimum atomic E-state index is -0.852. The Kier molecular flexibility index (Phi) is 4.02. The molecule has 0 bridgehead atoms. The Bertz CT molecular complexity index is 380. The summed E-state index contributed by atoms with van der Waals surface area (Å²) in [5, 5.41) is 9.54. The summed E-state index contributed by atoms with van der Waals surface area (Å²) in [5.41, 5.74) is 1.22. The second-order valence-corrected chi connectivity index (χ2v) is 4.87. The van der Waals surface area contributed by atoms with Crippen molar-refractivity contribution in [3.05, 3.63) is 34.9 Å². The minimum absolute atomic E-state index is 0.409. The lowest BCUT2D eigenvalue weighted by Crippen LogP contribution is -2.32. The Morgan fingerprint density at radius 1 is 1.35 bits per heavy atom. The summed E-state index contributed by atoms with van der Waals surface area (Å²) >= 11 is 5.82. The molecule has 0 amide bonds. The number of carboxylic acids is 1. The second kappa shape index (κ2) is 5.52. The number of hydrogen-bond acceptors (Lipinski definition) is 2. The third kappa shape index (κ3) is 3.45. The van der Waals surface area contributed by atoms with E-state index in [0.29, 0.717) is 18.9 Å². The number of aliphatic carboxylic acids is 1. The smallest absolute Gasteiger partial charge is 0.332 e. The number of ether oxygens (including phenoxy) is 1. The Hall–Kier alpha value is -1.06. The van der Waals surface area contributed by atoms with Crippen LogP contribution in [0.25, 0.3) is 0 Å². The normalized spacial score (nSPS) is 24.5. The first-order valence-electron chi connectivity index (χ1n) is 5.74. The van der Waals surface area contributed by atoms with Crippen LogP contribution in [0.3, 0.4) is 0 Å². The van der Waals surface area contributed by atoms with Gasteiger partial charge in [0.05, 0.1) is 6.61 Å². The van der Waals surface area contributed by atoms with Crippen LogP contribution in [-0.2, 0) is 16.0 Å². The molecule has 0 spiro atoms. The first kappa shape index (κ1) is 12.4. The van der Waals surface area contributed by atoms with E-state index in [1.165, 1.54) is 5.56 Å². The van der Waals surface area contributed by atoms with Crippen molar-refractivity contribution in [1.82, 2.24) is 0 Å². The lowest BCUT2D eigenvalue weighted by molar-refractivity contribution is -0.155. The third-order valence-electron chi connectivity index (χ3n) is 3.08. The minimum Gasteiger partial charge on any atom is -0.479 e. The van der Waals surface area contributed by atoms with Gasteiger partial charge < -0.3 is 9.84 Å². The topological polar surface area (TPSA) is 46.5 Å². The van der Waals surface area contributed by atoms with Crippen LogP contribution in [0, 0.1) is 5.92 Å². The molecule has 1 saturated heterocycles. The Labute approximate surface area is 105 Å². The maximum Gasteiger partial charge on any atom is 0.332 e. The van der Waals surface area contributed by atoms with E-state index >= 15 is 0 Å². The molecule has 0 radical (unpaired) electrons. The average Bonchev–Trinajstić information content (AvgIpc) is 2.33. The van der Waals surface area contributed by atoms with Gasteiger partial charge in [0.2, 0.25) is 0 Å². The van der Waals surface area contributed by atoms with Crippen LogP contribution in [0.1, 0.15) is 18.4 Å². The first-order chi connectivity index (χ1) is 8.15. The molecule has 3 nitrogen and oxygen atoms in total. The third-order valence-corrected chi connectivity index (χ3v) is 3.34. The van der Waals surface area contributed by atoms with E-state index in [4.69, 9.17) is 21.4 Å². The van der Waals surface area contributed by atoms with Crippen molar-refractivity contribution in [2.45, 2.75) is 25.4 Å². The fourth-order valence-corrected chi connectivity index (χ4v) is 2.24. The maximum absolute atomic E-state index is 10.7. The van der Waals surface area contributed by atoms with Crippen molar-refractivity contribution in [2.75, 3.05) is 6.61 Å². The monoisotopic (exact) mass is 254 g/mol. The van der Waals surface area contributed by atoms with Gasteiger partial charge in [-0.25, -0.2) is 4.79 Å². The molecule has 0 unspecified atom stereocenters. The van der Waals surface area contributed by atoms with Crippen molar-refractivity contribution in [3.63, 3.8) is 0 Å². The molecule has 1 aliphatic rings. The summed E-state index contributed by atoms with van der Waals surface area (Å²) in [6.45, 7) is 0.527. The molecule has 1 fully saturated rings. The van der Waals surface area contributed by atoms with E-state index in [0.717, 1.165) is 17.9 Å². The van der Waals surface area contributed by atoms with Crippen molar-refractivity contribution in [1.29, 1.82) is 0 Å². The molecule has 2 atom stereocenters. The summed E-state index contributed by atoms with van der Waals surface area (Å²) in [5.74, 6) is -0.443. The average molecular weight is 255 g/mol. The van der Waals surface area contributed by atoms with Crippen LogP contribution >= 0.6 is 11.6 Å². The summed E-state index contributed by atoms with van der Waals surface area (Å²) < 4.78 is 5.32. The van der Waals surface area contributed by atoms with Crippen molar-refractivity contribution < 1.29 is 14.6 Å². The van der Waals surface area contributed by atoms with E-state index in [1.54, 1.807) is 0 Å². The van der Waals surface area contributed by atoms with Gasteiger partial charge in [0, 0.05) is 5.02 Å². The maximum atomic E-state index is 10.7. The van der Waals surface area contributed by atoms with Gasteiger partial charge in [-0.2, -0.15) is 0 Å². The summed E-state index contributed by atoms with van der Waals surface area (Å²) in [6, 6.07) is 7.76. The van der Waals surface area contributed by atoms with E-state index < -0.39 is 12.1 Å². The fraction of sp³-hybridized carbons (Fsp3) is 0.462. The number of halogens is 1. The Balaban J connectivity index is 1.85. The number of carbonyl (C=O) groups is 1. The Morgan fingerprint density at radius 2 is 2.06 bits per heavy atom. The molecule has 4 heteroatoms. The number of carboxylic acid groups (broad SMARTS) is 1. The van der Waals surface area contributed by atoms with Gasteiger partial charge in [0.15, 0.2) is 6.10 Å². The van der Waals surface area contributed by atoms with Gasteiger partial charge in [-0.1, -0.05) is 23.7 Å². The van der Waals surface area contributed by atoms with Crippen LogP contribution in [0.2, 0.25) is 5.02 Å². The summed E-state index contributed by atoms with van der Waals surface area (Å²) in [6.07, 6.45) is 1.81. The molecular weight excluding hydrogens is 240 g/mol. The highest BCUT2D eigenvalue weighted by Crippen LogP contribution is 2.23. The van der Waals surface area contributed by atoms with Crippen LogP contribution < -0.4 is 0 Å². The molecule has 1 N–H and O–H groups in total. The van der Waals surface area contributed by atoms with Crippen LogP contribution in [-0.4, -0.2) is 23.8 Å². The van der Waals surface area contributed by atoms with Gasteiger partial charge in [0.1, 0.15) is 0 Å². The van der Waals surface area contributed by atoms with E-state index in [2.05, 4.69) is 0 Å². The molecular formula is C13H15ClO3. The SMILES string of the molecule is O=C(O)[C@H]1CC[C@@H](Cc2ccc(Cl)cc2)CO1. The highest BCUT2D eigenvalue weighted by Gasteiger charge is 2.26. The fourth-order valence-electron chi connectivity index (χ4n) is 2.12. The standard InChI is InChI=1S/C13H15ClO3/c14-11-4-1-9(2-5-11)7-10-3-6-12(13(15)16)17-8-10/h1-2,4-5,10,12H,3,6-8H2,(H,15,16)/t10-,12+/m0/s1. The van der Waals surface area contributed by atoms with Crippen molar-refractivity contribution >= 4 is 17.6 Å². The highest BCUT2D eigenvalue weighted by atomic mass is 35.5. The van der Waals surface area contributed by atoms with E-state index in [-0.39, 0.29) is 0 Å². The molecule has 2 rings (SSSR count). The van der Waals surface area contributed by atoms with E-state index in [1.807, 2.05) is 24.3 Å². The zero-order valence-electron chi connectivity index (χ0n) is 9.43. The Morgan fingerprint density at radius 3 is 2.59 bits per heavy atom. The quantitative estimate of drug-likeness (QED) is 0.902. The van der Waals surface area contributed by atoms with Crippen molar-refractivity contribution in [3.8, 4) is 0 Å². The lowest BCUT2D eigenvalue weighted by Gasteiger charge is -2.26. The summed E-state index contributed by atoms with van der Waals surface area (Å²) in [7, 11) is 0. The molecule has 92 valence electrons. The van der Waals surface area contributed by atoms with Gasteiger partial charge in [-0.15, -0.1) is 0 Å². The van der Waals surface area contributed by atoms with Crippen LogP contribution in [0.4, 0.5) is 0 Å². The molecule has 1 aromatic carbocycles. The van der Waals surface area contributed by atoms with Gasteiger partial charge >= 0.3 is 5.97 Å². The van der Waals surface area contributed by atoms with Crippen molar-refractivity contribution in [2.24, 2.45) is 5.92 Å². The molecule has 1 aliphatic heterocycles. The number of hydrogen-bond donors (Lipinski definition) is 1. The summed E-state index contributed by atoms with van der Waals surface area (Å²) in [4.78, 5) is 10.7. The molecule has 0 aromatic heterocycles. The van der Waals surface area contributed by atoms with E-state index in [9.17, 15) is 4.79 Å². The predicted molar refractivity (Wildman–Crippen MR) is 65.3 cm³/mol. The predicted octanol–water partition coefficient (Wildman–Crippen LogP) is 2.76. The highest BCUT2D eigenvalue weighted by molar-refractivity contribution is 6.30. The number of benzene rings is 1. The lowest BCUT2D eigenvalue weighted by atomic mass is 9.92. The zero-order valence-corrected chi connectivity index (χ0v) is 10.2.